The maximum absolute atomic E-state index is 12.5. The van der Waals surface area contributed by atoms with Crippen LogP contribution in [0.25, 0.3) is 11.0 Å². The molecule has 0 fully saturated rings. The molecule has 0 radical (unpaired) electrons. The number of benzene rings is 3. The minimum absolute atomic E-state index is 0.241. The van der Waals surface area contributed by atoms with Crippen molar-refractivity contribution in [3.05, 3.63) is 77.9 Å². The zero-order chi connectivity index (χ0) is 21.8. The molecule has 3 aromatic carbocycles. The number of amides is 2. The molecule has 0 aliphatic carbocycles. The molecular weight excluding hydrogens is 394 g/mol. The lowest BCUT2D eigenvalue weighted by Gasteiger charge is -2.09. The highest BCUT2D eigenvalue weighted by molar-refractivity contribution is 6.07. The van der Waals surface area contributed by atoms with Gasteiger partial charge in [-0.1, -0.05) is 5.21 Å². The number of carbonyl (C=O) groups is 2. The van der Waals surface area contributed by atoms with Gasteiger partial charge in [-0.05, 0) is 73.7 Å². The highest BCUT2D eigenvalue weighted by Gasteiger charge is 2.11. The van der Waals surface area contributed by atoms with E-state index in [9.17, 15) is 9.59 Å². The maximum atomic E-state index is 12.5. The Morgan fingerprint density at radius 1 is 0.871 bits per heavy atom. The second-order valence-electron chi connectivity index (χ2n) is 6.86. The first-order valence-corrected chi connectivity index (χ1v) is 9.78. The summed E-state index contributed by atoms with van der Waals surface area (Å²) in [7, 11) is 1.79. The molecule has 2 amide bonds. The van der Waals surface area contributed by atoms with E-state index in [0.29, 0.717) is 34.6 Å². The lowest BCUT2D eigenvalue weighted by atomic mass is 10.1. The van der Waals surface area contributed by atoms with Crippen LogP contribution >= 0.6 is 0 Å². The molecule has 1 aromatic heterocycles. The van der Waals surface area contributed by atoms with E-state index in [1.807, 2.05) is 6.92 Å². The molecule has 31 heavy (non-hydrogen) atoms. The molecule has 2 N–H and O–H groups in total. The van der Waals surface area contributed by atoms with Gasteiger partial charge in [0.1, 0.15) is 11.3 Å². The van der Waals surface area contributed by atoms with Crippen LogP contribution in [0.15, 0.2) is 66.7 Å². The number of hydrogen-bond acceptors (Lipinski definition) is 5. The van der Waals surface area contributed by atoms with Crippen molar-refractivity contribution in [2.45, 2.75) is 6.92 Å². The van der Waals surface area contributed by atoms with Crippen molar-refractivity contribution in [3.8, 4) is 5.75 Å². The van der Waals surface area contributed by atoms with Gasteiger partial charge < -0.3 is 15.4 Å². The van der Waals surface area contributed by atoms with Crippen LogP contribution in [0.3, 0.4) is 0 Å². The summed E-state index contributed by atoms with van der Waals surface area (Å²) in [6.07, 6.45) is 0. The second kappa shape index (κ2) is 8.66. The van der Waals surface area contributed by atoms with Crippen molar-refractivity contribution in [1.82, 2.24) is 15.0 Å². The molecule has 4 rings (SSSR count). The summed E-state index contributed by atoms with van der Waals surface area (Å²) in [4.78, 5) is 25.0. The minimum Gasteiger partial charge on any atom is -0.494 e. The van der Waals surface area contributed by atoms with Gasteiger partial charge in [0.25, 0.3) is 11.8 Å². The van der Waals surface area contributed by atoms with Gasteiger partial charge in [0.2, 0.25) is 0 Å². The Bertz CT molecular complexity index is 1230. The van der Waals surface area contributed by atoms with E-state index in [2.05, 4.69) is 20.9 Å². The third kappa shape index (κ3) is 4.53. The first-order chi connectivity index (χ1) is 15.0. The Morgan fingerprint density at radius 3 is 2.10 bits per heavy atom. The van der Waals surface area contributed by atoms with Crippen molar-refractivity contribution >= 4 is 34.2 Å². The quantitative estimate of drug-likeness (QED) is 0.498. The number of ether oxygens (including phenoxy) is 1. The summed E-state index contributed by atoms with van der Waals surface area (Å²) in [5, 5.41) is 13.6. The van der Waals surface area contributed by atoms with E-state index in [-0.39, 0.29) is 11.8 Å². The highest BCUT2D eigenvalue weighted by atomic mass is 16.5. The SMILES string of the molecule is CCOc1ccc(NC(=O)c2ccc(NC(=O)c3ccc4c(c3)nnn4C)cc2)cc1. The Morgan fingerprint density at radius 2 is 1.45 bits per heavy atom. The van der Waals surface area contributed by atoms with Crippen LogP contribution < -0.4 is 15.4 Å². The zero-order valence-corrected chi connectivity index (χ0v) is 17.1. The third-order valence-electron chi connectivity index (χ3n) is 4.70. The van der Waals surface area contributed by atoms with E-state index < -0.39 is 0 Å². The van der Waals surface area contributed by atoms with Gasteiger partial charge in [-0.2, -0.15) is 0 Å². The van der Waals surface area contributed by atoms with E-state index in [1.54, 1.807) is 78.5 Å². The monoisotopic (exact) mass is 415 g/mol. The molecule has 0 unspecified atom stereocenters. The molecular formula is C23H21N5O3. The number of rotatable bonds is 6. The van der Waals surface area contributed by atoms with Crippen LogP contribution in [0.1, 0.15) is 27.6 Å². The van der Waals surface area contributed by atoms with Gasteiger partial charge in [-0.15, -0.1) is 5.10 Å². The fourth-order valence-electron chi connectivity index (χ4n) is 3.09. The molecule has 4 aromatic rings. The average molecular weight is 415 g/mol. The summed E-state index contributed by atoms with van der Waals surface area (Å²) >= 11 is 0. The molecule has 0 aliphatic heterocycles. The van der Waals surface area contributed by atoms with Gasteiger partial charge in [0, 0.05) is 29.5 Å². The normalized spacial score (nSPS) is 10.6. The van der Waals surface area contributed by atoms with Crippen LogP contribution in [0.2, 0.25) is 0 Å². The van der Waals surface area contributed by atoms with Gasteiger partial charge in [0.05, 0.1) is 12.1 Å². The van der Waals surface area contributed by atoms with Crippen molar-refractivity contribution in [2.24, 2.45) is 7.05 Å². The Balaban J connectivity index is 1.39. The number of anilines is 2. The van der Waals surface area contributed by atoms with Gasteiger partial charge in [-0.25, -0.2) is 4.68 Å². The Labute approximate surface area is 178 Å². The predicted molar refractivity (Wildman–Crippen MR) is 118 cm³/mol. The van der Waals surface area contributed by atoms with Crippen LogP contribution in [-0.4, -0.2) is 33.4 Å². The molecule has 0 spiro atoms. The lowest BCUT2D eigenvalue weighted by Crippen LogP contribution is -2.13. The molecule has 0 bridgehead atoms. The van der Waals surface area contributed by atoms with Crippen LogP contribution in [0.4, 0.5) is 11.4 Å². The smallest absolute Gasteiger partial charge is 0.255 e. The largest absolute Gasteiger partial charge is 0.494 e. The standard InChI is InChI=1S/C23H21N5O3/c1-3-31-19-11-9-18(10-12-19)24-22(29)15-4-7-17(8-5-15)25-23(30)16-6-13-21-20(14-16)26-27-28(21)2/h4-14H,3H2,1-2H3,(H,24,29)(H,25,30). The number of carbonyl (C=O) groups excluding carboxylic acids is 2. The van der Waals surface area contributed by atoms with Gasteiger partial charge in [0.15, 0.2) is 0 Å². The highest BCUT2D eigenvalue weighted by Crippen LogP contribution is 2.18. The van der Waals surface area contributed by atoms with Crippen molar-refractivity contribution in [1.29, 1.82) is 0 Å². The summed E-state index contributed by atoms with van der Waals surface area (Å²) in [6.45, 7) is 2.50. The summed E-state index contributed by atoms with van der Waals surface area (Å²) in [5.74, 6) is 0.244. The summed E-state index contributed by atoms with van der Waals surface area (Å²) in [5.41, 5.74) is 3.71. The van der Waals surface area contributed by atoms with Crippen molar-refractivity contribution < 1.29 is 14.3 Å². The molecule has 0 aliphatic rings. The first-order valence-electron chi connectivity index (χ1n) is 9.78. The third-order valence-corrected chi connectivity index (χ3v) is 4.70. The maximum Gasteiger partial charge on any atom is 0.255 e. The van der Waals surface area contributed by atoms with E-state index >= 15 is 0 Å². The summed E-state index contributed by atoms with van der Waals surface area (Å²) < 4.78 is 7.04. The average Bonchev–Trinajstić information content (AvgIpc) is 3.16. The Kier molecular flexibility index (Phi) is 5.61. The Hall–Kier alpha value is -4.20. The fraction of sp³-hybridized carbons (Fsp3) is 0.130. The zero-order valence-electron chi connectivity index (χ0n) is 17.1. The number of nitrogens with one attached hydrogen (secondary N) is 2. The number of aromatic nitrogens is 3. The molecule has 156 valence electrons. The van der Waals surface area contributed by atoms with Crippen LogP contribution in [0.5, 0.6) is 5.75 Å². The van der Waals surface area contributed by atoms with Crippen LogP contribution in [0, 0.1) is 0 Å². The molecule has 8 heteroatoms. The number of fused-ring (bicyclic) bond motifs is 1. The number of hydrogen-bond donors (Lipinski definition) is 2. The van der Waals surface area contributed by atoms with Gasteiger partial charge >= 0.3 is 0 Å². The van der Waals surface area contributed by atoms with Crippen molar-refractivity contribution in [2.75, 3.05) is 17.2 Å². The molecule has 1 heterocycles. The van der Waals surface area contributed by atoms with Crippen molar-refractivity contribution in [3.63, 3.8) is 0 Å². The molecule has 8 nitrogen and oxygen atoms in total. The molecule has 0 saturated heterocycles. The van der Waals surface area contributed by atoms with E-state index in [0.717, 1.165) is 11.3 Å². The molecule has 0 atom stereocenters. The summed E-state index contributed by atoms with van der Waals surface area (Å²) in [6, 6.07) is 19.1. The second-order valence-corrected chi connectivity index (χ2v) is 6.86. The van der Waals surface area contributed by atoms with Crippen LogP contribution in [-0.2, 0) is 7.05 Å². The number of nitrogens with zero attached hydrogens (tertiary/aromatic N) is 3. The topological polar surface area (TPSA) is 98.1 Å². The molecule has 0 saturated carbocycles. The predicted octanol–water partition coefficient (Wildman–Crippen LogP) is 3.87. The fourth-order valence-corrected chi connectivity index (χ4v) is 3.09. The van der Waals surface area contributed by atoms with Gasteiger partial charge in [-0.3, -0.25) is 9.59 Å². The van der Waals surface area contributed by atoms with E-state index in [4.69, 9.17) is 4.74 Å². The number of aryl methyl sites for hydroxylation is 1. The first kappa shape index (κ1) is 20.1. The van der Waals surface area contributed by atoms with E-state index in [1.165, 1.54) is 0 Å². The minimum atomic E-state index is -0.265. The lowest BCUT2D eigenvalue weighted by molar-refractivity contribution is 0.102.